The fourth-order valence-corrected chi connectivity index (χ4v) is 5.34. The van der Waals surface area contributed by atoms with E-state index in [2.05, 4.69) is 4.98 Å². The third-order valence-corrected chi connectivity index (χ3v) is 7.23. The molecule has 1 aliphatic rings. The highest BCUT2D eigenvalue weighted by Gasteiger charge is 2.30. The molecule has 0 unspecified atom stereocenters. The molecule has 1 aromatic heterocycles. The van der Waals surface area contributed by atoms with E-state index in [0.29, 0.717) is 31.1 Å². The highest BCUT2D eigenvalue weighted by molar-refractivity contribution is 7.89. The Morgan fingerprint density at radius 3 is 2.46 bits per heavy atom. The first kappa shape index (κ1) is 17.4. The van der Waals surface area contributed by atoms with E-state index in [1.165, 1.54) is 27.8 Å². The van der Waals surface area contributed by atoms with Crippen LogP contribution in [-0.4, -0.2) is 36.9 Å². The molecule has 136 valence electrons. The number of rotatable bonds is 4. The SMILES string of the molecule is O=S(=O)(c1ccc(F)cc1)N1CCC(Oc2nc3ccccc3s2)CC1. The van der Waals surface area contributed by atoms with Crippen LogP contribution in [0.25, 0.3) is 10.2 Å². The van der Waals surface area contributed by atoms with Gasteiger partial charge in [0, 0.05) is 13.1 Å². The highest BCUT2D eigenvalue weighted by Crippen LogP contribution is 2.30. The first-order valence-corrected chi connectivity index (χ1v) is 10.6. The number of hydrogen-bond acceptors (Lipinski definition) is 5. The number of piperidine rings is 1. The third-order valence-electron chi connectivity index (χ3n) is 4.39. The van der Waals surface area contributed by atoms with Gasteiger partial charge in [0.15, 0.2) is 0 Å². The van der Waals surface area contributed by atoms with Gasteiger partial charge in [-0.25, -0.2) is 17.8 Å². The first-order chi connectivity index (χ1) is 12.5. The van der Waals surface area contributed by atoms with Crippen molar-refractivity contribution in [3.05, 3.63) is 54.3 Å². The molecule has 0 spiro atoms. The Balaban J connectivity index is 1.41. The Labute approximate surface area is 155 Å². The zero-order chi connectivity index (χ0) is 18.1. The van der Waals surface area contributed by atoms with Crippen LogP contribution in [0.1, 0.15) is 12.8 Å². The number of para-hydroxylation sites is 1. The standard InChI is InChI=1S/C18H17FN2O3S2/c19-13-5-7-15(8-6-13)26(22,23)21-11-9-14(10-12-21)24-18-20-16-3-1-2-4-17(16)25-18/h1-8,14H,9-12H2. The predicted octanol–water partition coefficient (Wildman–Crippen LogP) is 3.67. The molecular weight excluding hydrogens is 375 g/mol. The smallest absolute Gasteiger partial charge is 0.274 e. The zero-order valence-corrected chi connectivity index (χ0v) is 15.5. The van der Waals surface area contributed by atoms with E-state index < -0.39 is 15.8 Å². The number of nitrogens with zero attached hydrogens (tertiary/aromatic N) is 2. The second kappa shape index (κ2) is 6.94. The summed E-state index contributed by atoms with van der Waals surface area (Å²) < 4.78 is 46.7. The van der Waals surface area contributed by atoms with Gasteiger partial charge in [-0.2, -0.15) is 4.31 Å². The molecule has 1 aliphatic heterocycles. The van der Waals surface area contributed by atoms with Gasteiger partial charge in [-0.05, 0) is 49.2 Å². The van der Waals surface area contributed by atoms with Gasteiger partial charge in [0.1, 0.15) is 11.9 Å². The van der Waals surface area contributed by atoms with Crippen LogP contribution >= 0.6 is 11.3 Å². The van der Waals surface area contributed by atoms with Crippen LogP contribution in [0.3, 0.4) is 0 Å². The molecule has 3 aromatic rings. The van der Waals surface area contributed by atoms with Gasteiger partial charge in [0.2, 0.25) is 10.0 Å². The summed E-state index contributed by atoms with van der Waals surface area (Å²) >= 11 is 1.49. The summed E-state index contributed by atoms with van der Waals surface area (Å²) in [4.78, 5) is 4.57. The van der Waals surface area contributed by atoms with E-state index in [0.717, 1.165) is 22.3 Å². The largest absolute Gasteiger partial charge is 0.467 e. The number of sulfonamides is 1. The van der Waals surface area contributed by atoms with Crippen LogP contribution in [0.15, 0.2) is 53.4 Å². The van der Waals surface area contributed by atoms with Crippen molar-refractivity contribution in [3.8, 4) is 5.19 Å². The van der Waals surface area contributed by atoms with Gasteiger partial charge in [-0.3, -0.25) is 0 Å². The second-order valence-corrected chi connectivity index (χ2v) is 9.05. The van der Waals surface area contributed by atoms with Crippen molar-refractivity contribution in [1.82, 2.24) is 9.29 Å². The summed E-state index contributed by atoms with van der Waals surface area (Å²) in [6.45, 7) is 0.741. The van der Waals surface area contributed by atoms with E-state index in [-0.39, 0.29) is 11.0 Å². The fraction of sp³-hybridized carbons (Fsp3) is 0.278. The summed E-state index contributed by atoms with van der Waals surface area (Å²) in [5.41, 5.74) is 0.906. The summed E-state index contributed by atoms with van der Waals surface area (Å²) in [5, 5.41) is 0.617. The van der Waals surface area contributed by atoms with Crippen LogP contribution in [0.2, 0.25) is 0 Å². The van der Waals surface area contributed by atoms with Crippen LogP contribution in [0, 0.1) is 5.82 Å². The Bertz CT molecular complexity index is 977. The summed E-state index contributed by atoms with van der Waals surface area (Å²) in [5.74, 6) is -0.452. The van der Waals surface area contributed by atoms with Gasteiger partial charge >= 0.3 is 0 Å². The molecule has 2 heterocycles. The minimum atomic E-state index is -3.60. The second-order valence-electron chi connectivity index (χ2n) is 6.12. The monoisotopic (exact) mass is 392 g/mol. The van der Waals surface area contributed by atoms with Crippen molar-refractivity contribution < 1.29 is 17.5 Å². The van der Waals surface area contributed by atoms with Crippen LogP contribution < -0.4 is 4.74 Å². The quantitative estimate of drug-likeness (QED) is 0.680. The van der Waals surface area contributed by atoms with Crippen LogP contribution in [-0.2, 0) is 10.0 Å². The topological polar surface area (TPSA) is 59.5 Å². The molecule has 5 nitrogen and oxygen atoms in total. The Morgan fingerprint density at radius 1 is 1.08 bits per heavy atom. The molecule has 26 heavy (non-hydrogen) atoms. The van der Waals surface area contributed by atoms with Crippen molar-refractivity contribution in [3.63, 3.8) is 0 Å². The molecule has 0 N–H and O–H groups in total. The normalized spacial score (nSPS) is 16.8. The van der Waals surface area contributed by atoms with Crippen molar-refractivity contribution in [1.29, 1.82) is 0 Å². The Kier molecular flexibility index (Phi) is 4.64. The number of ether oxygens (including phenoxy) is 1. The van der Waals surface area contributed by atoms with E-state index in [4.69, 9.17) is 4.74 Å². The maximum atomic E-state index is 13.0. The average molecular weight is 392 g/mol. The molecule has 0 amide bonds. The maximum Gasteiger partial charge on any atom is 0.274 e. The Morgan fingerprint density at radius 2 is 1.77 bits per heavy atom. The number of aromatic nitrogens is 1. The van der Waals surface area contributed by atoms with Crippen molar-refractivity contribution in [2.75, 3.05) is 13.1 Å². The van der Waals surface area contributed by atoms with Gasteiger partial charge < -0.3 is 4.74 Å². The minimum Gasteiger partial charge on any atom is -0.467 e. The highest BCUT2D eigenvalue weighted by atomic mass is 32.2. The fourth-order valence-electron chi connectivity index (χ4n) is 2.99. The molecule has 2 aromatic carbocycles. The molecule has 0 radical (unpaired) electrons. The number of benzene rings is 2. The van der Waals surface area contributed by atoms with E-state index >= 15 is 0 Å². The first-order valence-electron chi connectivity index (χ1n) is 8.30. The average Bonchev–Trinajstić information content (AvgIpc) is 3.05. The van der Waals surface area contributed by atoms with Gasteiger partial charge in [0.05, 0.1) is 15.1 Å². The van der Waals surface area contributed by atoms with Crippen LogP contribution in [0.4, 0.5) is 4.39 Å². The molecule has 0 aliphatic carbocycles. The molecule has 0 saturated carbocycles. The summed E-state index contributed by atoms with van der Waals surface area (Å²) in [6, 6.07) is 12.8. The number of fused-ring (bicyclic) bond motifs is 1. The van der Waals surface area contributed by atoms with Gasteiger partial charge in [-0.1, -0.05) is 23.5 Å². The summed E-state index contributed by atoms with van der Waals surface area (Å²) in [6.07, 6.45) is 1.13. The van der Waals surface area contributed by atoms with Crippen molar-refractivity contribution in [2.45, 2.75) is 23.8 Å². The molecular formula is C18H17FN2O3S2. The molecule has 4 rings (SSSR count). The molecule has 0 atom stereocenters. The van der Waals surface area contributed by atoms with Gasteiger partial charge in [-0.15, -0.1) is 0 Å². The van der Waals surface area contributed by atoms with Gasteiger partial charge in [0.25, 0.3) is 5.19 Å². The van der Waals surface area contributed by atoms with Crippen molar-refractivity contribution in [2.24, 2.45) is 0 Å². The predicted molar refractivity (Wildman–Crippen MR) is 98.4 cm³/mol. The molecule has 1 fully saturated rings. The zero-order valence-electron chi connectivity index (χ0n) is 13.8. The summed E-state index contributed by atoms with van der Waals surface area (Å²) in [7, 11) is -3.60. The Hall–Kier alpha value is -2.03. The maximum absolute atomic E-state index is 13.0. The lowest BCUT2D eigenvalue weighted by atomic mass is 10.1. The van der Waals surface area contributed by atoms with Crippen molar-refractivity contribution >= 4 is 31.6 Å². The molecule has 0 bridgehead atoms. The number of thiazole rings is 1. The lowest BCUT2D eigenvalue weighted by Gasteiger charge is -2.30. The van der Waals surface area contributed by atoms with E-state index in [9.17, 15) is 12.8 Å². The lowest BCUT2D eigenvalue weighted by Crippen LogP contribution is -2.41. The third kappa shape index (κ3) is 3.44. The molecule has 8 heteroatoms. The number of halogens is 1. The van der Waals surface area contributed by atoms with E-state index in [1.807, 2.05) is 24.3 Å². The molecule has 1 saturated heterocycles. The lowest BCUT2D eigenvalue weighted by molar-refractivity contribution is 0.135. The van der Waals surface area contributed by atoms with E-state index in [1.54, 1.807) is 0 Å². The minimum absolute atomic E-state index is 0.0600. The van der Waals surface area contributed by atoms with Crippen LogP contribution in [0.5, 0.6) is 5.19 Å². The number of hydrogen-bond donors (Lipinski definition) is 0.